The largest absolute Gasteiger partial charge is 0.463 e. The molecule has 0 fully saturated rings. The summed E-state index contributed by atoms with van der Waals surface area (Å²) in [6, 6.07) is 0. The lowest BCUT2D eigenvalue weighted by Gasteiger charge is -2.16. The normalized spacial score (nSPS) is 15.4. The van der Waals surface area contributed by atoms with E-state index in [-0.39, 0.29) is 12.5 Å². The molecule has 0 aliphatic carbocycles. The minimum Gasteiger partial charge on any atom is -0.463 e. The molecule has 0 aliphatic rings. The highest BCUT2D eigenvalue weighted by atomic mass is 31.2. The van der Waals surface area contributed by atoms with E-state index in [0.717, 1.165) is 25.7 Å². The average Bonchev–Trinajstić information content (AvgIpc) is 2.26. The predicted molar refractivity (Wildman–Crippen MR) is 62.3 cm³/mol. The van der Waals surface area contributed by atoms with Gasteiger partial charge in [-0.3, -0.25) is 4.57 Å². The van der Waals surface area contributed by atoms with Gasteiger partial charge in [0.2, 0.25) is 0 Å². The summed E-state index contributed by atoms with van der Waals surface area (Å²) in [6.45, 7) is 4.09. The minimum atomic E-state index is -4.82. The molecular weight excluding hydrogens is 247 g/mol. The number of carbonyl (C=O) groups is 1. The third kappa shape index (κ3) is 6.78. The van der Waals surface area contributed by atoms with Crippen molar-refractivity contribution < 1.29 is 29.0 Å². The van der Waals surface area contributed by atoms with Gasteiger partial charge in [0.05, 0.1) is 6.61 Å². The molecule has 0 spiro atoms. The maximum Gasteiger partial charge on any atom is 0.365 e. The predicted octanol–water partition coefficient (Wildman–Crippen LogP) is 1.24. The summed E-state index contributed by atoms with van der Waals surface area (Å²) in [5.41, 5.74) is 0. The van der Waals surface area contributed by atoms with Gasteiger partial charge in [-0.2, -0.15) is 0 Å². The highest BCUT2D eigenvalue weighted by molar-refractivity contribution is 7.53. The fourth-order valence-corrected chi connectivity index (χ4v) is 1.66. The first kappa shape index (κ1) is 16.6. The number of esters is 1. The number of hydrogen-bond acceptors (Lipinski definition) is 4. The Morgan fingerprint density at radius 2 is 1.94 bits per heavy atom. The Kier molecular flexibility index (Phi) is 7.63. The van der Waals surface area contributed by atoms with Gasteiger partial charge in [-0.1, -0.05) is 33.1 Å². The summed E-state index contributed by atoms with van der Waals surface area (Å²) in [7, 11) is -4.82. The van der Waals surface area contributed by atoms with Crippen molar-refractivity contribution in [1.29, 1.82) is 0 Å². The van der Waals surface area contributed by atoms with E-state index in [9.17, 15) is 9.36 Å². The van der Waals surface area contributed by atoms with Gasteiger partial charge in [-0.15, -0.1) is 0 Å². The Hall–Kier alpha value is -0.420. The molecule has 0 saturated heterocycles. The zero-order valence-electron chi connectivity index (χ0n) is 10.2. The highest BCUT2D eigenvalue weighted by Gasteiger charge is 2.35. The maximum absolute atomic E-state index is 11.1. The number of ether oxygens (including phenoxy) is 1. The first-order chi connectivity index (χ1) is 7.82. The van der Waals surface area contributed by atoms with Gasteiger partial charge in [-0.25, -0.2) is 4.79 Å². The molecule has 2 unspecified atom stereocenters. The van der Waals surface area contributed by atoms with Crippen LogP contribution in [0.4, 0.5) is 0 Å². The topological polar surface area (TPSA) is 104 Å². The lowest BCUT2D eigenvalue weighted by Crippen LogP contribution is -2.25. The summed E-state index contributed by atoms with van der Waals surface area (Å²) in [4.78, 5) is 28.3. The molecular formula is C10H21O6P. The standard InChI is InChI=1S/C10H21O6P/c1-3-5-6-8(4-2)7-16-9(11)10(12)17(13,14)15/h8,10,12H,3-7H2,1-2H3,(H2,13,14,15). The first-order valence-electron chi connectivity index (χ1n) is 5.72. The molecule has 0 aromatic heterocycles. The van der Waals surface area contributed by atoms with Crippen LogP contribution in [0.25, 0.3) is 0 Å². The third-order valence-electron chi connectivity index (χ3n) is 2.53. The van der Waals surface area contributed by atoms with Crippen LogP contribution in [0.1, 0.15) is 39.5 Å². The zero-order chi connectivity index (χ0) is 13.5. The molecule has 0 aliphatic heterocycles. The lowest BCUT2D eigenvalue weighted by atomic mass is 10.0. The van der Waals surface area contributed by atoms with Crippen molar-refractivity contribution >= 4 is 13.6 Å². The summed E-state index contributed by atoms with van der Waals surface area (Å²) in [5.74, 6) is -3.46. The lowest BCUT2D eigenvalue weighted by molar-refractivity contribution is -0.151. The second kappa shape index (κ2) is 7.82. The van der Waals surface area contributed by atoms with E-state index < -0.39 is 19.4 Å². The molecule has 2 atom stereocenters. The molecule has 0 radical (unpaired) electrons. The van der Waals surface area contributed by atoms with Crippen LogP contribution in [-0.2, 0) is 14.1 Å². The van der Waals surface area contributed by atoms with Gasteiger partial charge < -0.3 is 19.6 Å². The molecule has 102 valence electrons. The van der Waals surface area contributed by atoms with Gasteiger partial charge in [0, 0.05) is 0 Å². The Morgan fingerprint density at radius 3 is 2.35 bits per heavy atom. The fraction of sp³-hybridized carbons (Fsp3) is 0.900. The van der Waals surface area contributed by atoms with Gasteiger partial charge in [-0.05, 0) is 12.3 Å². The van der Waals surface area contributed by atoms with Gasteiger partial charge in [0.1, 0.15) is 0 Å². The Morgan fingerprint density at radius 1 is 1.35 bits per heavy atom. The summed E-state index contributed by atoms with van der Waals surface area (Å²) >= 11 is 0. The first-order valence-corrected chi connectivity index (χ1v) is 7.41. The van der Waals surface area contributed by atoms with Crippen LogP contribution in [0.15, 0.2) is 0 Å². The van der Waals surface area contributed by atoms with Crippen LogP contribution in [0.2, 0.25) is 0 Å². The van der Waals surface area contributed by atoms with Gasteiger partial charge in [0.15, 0.2) is 0 Å². The van der Waals surface area contributed by atoms with Crippen LogP contribution in [0, 0.1) is 5.92 Å². The number of aliphatic hydroxyl groups is 1. The molecule has 0 heterocycles. The van der Waals surface area contributed by atoms with Crippen molar-refractivity contribution in [3.63, 3.8) is 0 Å². The van der Waals surface area contributed by atoms with Crippen LogP contribution < -0.4 is 0 Å². The summed E-state index contributed by atoms with van der Waals surface area (Å²) in [5, 5.41) is 8.98. The molecule has 7 heteroatoms. The summed E-state index contributed by atoms with van der Waals surface area (Å²) in [6.07, 6.45) is 3.76. The van der Waals surface area contributed by atoms with Crippen molar-refractivity contribution in [2.24, 2.45) is 5.92 Å². The van der Waals surface area contributed by atoms with Crippen molar-refractivity contribution in [1.82, 2.24) is 0 Å². The number of carbonyl (C=O) groups excluding carboxylic acids is 1. The molecule has 6 nitrogen and oxygen atoms in total. The second-order valence-electron chi connectivity index (χ2n) is 4.01. The Bertz CT molecular complexity index is 274. The van der Waals surface area contributed by atoms with E-state index in [0.29, 0.717) is 0 Å². The number of aliphatic hydroxyl groups excluding tert-OH is 1. The van der Waals surface area contributed by atoms with Crippen molar-refractivity contribution in [2.75, 3.05) is 6.61 Å². The molecule has 0 rings (SSSR count). The number of unbranched alkanes of at least 4 members (excludes halogenated alkanes) is 1. The average molecular weight is 268 g/mol. The quantitative estimate of drug-likeness (QED) is 0.452. The molecule has 0 bridgehead atoms. The van der Waals surface area contributed by atoms with Gasteiger partial charge in [0.25, 0.3) is 5.85 Å². The third-order valence-corrected chi connectivity index (χ3v) is 3.38. The second-order valence-corrected chi connectivity index (χ2v) is 5.68. The van der Waals surface area contributed by atoms with Crippen LogP contribution >= 0.6 is 7.60 Å². The smallest absolute Gasteiger partial charge is 0.365 e. The molecule has 0 saturated carbocycles. The number of rotatable bonds is 8. The van der Waals surface area contributed by atoms with Crippen molar-refractivity contribution in [2.45, 2.75) is 45.4 Å². The molecule has 3 N–H and O–H groups in total. The van der Waals surface area contributed by atoms with Crippen LogP contribution in [-0.4, -0.2) is 33.3 Å². The highest BCUT2D eigenvalue weighted by Crippen LogP contribution is 2.40. The van der Waals surface area contributed by atoms with Crippen molar-refractivity contribution in [3.05, 3.63) is 0 Å². The van der Waals surface area contributed by atoms with E-state index in [4.69, 9.17) is 19.6 Å². The Labute approximate surface area is 101 Å². The fourth-order valence-electron chi connectivity index (χ4n) is 1.31. The van der Waals surface area contributed by atoms with E-state index in [1.54, 1.807) is 0 Å². The van der Waals surface area contributed by atoms with E-state index in [2.05, 4.69) is 6.92 Å². The minimum absolute atomic E-state index is 0.0897. The molecule has 0 amide bonds. The molecule has 0 aromatic carbocycles. The maximum atomic E-state index is 11.1. The Balaban J connectivity index is 4.09. The summed E-state index contributed by atoms with van der Waals surface area (Å²) < 4.78 is 15.3. The van der Waals surface area contributed by atoms with E-state index in [1.807, 2.05) is 6.92 Å². The van der Waals surface area contributed by atoms with Gasteiger partial charge >= 0.3 is 13.6 Å². The van der Waals surface area contributed by atoms with Crippen molar-refractivity contribution in [3.8, 4) is 0 Å². The number of hydrogen-bond donors (Lipinski definition) is 3. The van der Waals surface area contributed by atoms with Crippen LogP contribution in [0.3, 0.4) is 0 Å². The molecule has 0 aromatic rings. The van der Waals surface area contributed by atoms with Crippen LogP contribution in [0.5, 0.6) is 0 Å². The van der Waals surface area contributed by atoms with E-state index in [1.165, 1.54) is 0 Å². The monoisotopic (exact) mass is 268 g/mol. The SMILES string of the molecule is CCCCC(CC)COC(=O)C(O)P(=O)(O)O. The van der Waals surface area contributed by atoms with E-state index >= 15 is 0 Å². The molecule has 17 heavy (non-hydrogen) atoms. The zero-order valence-corrected chi connectivity index (χ0v) is 11.1.